The maximum absolute atomic E-state index is 6.19. The molecular formula is C17H27ClN2. The molecule has 0 saturated carbocycles. The number of hydrogen-bond acceptors (Lipinski definition) is 2. The number of halogens is 1. The highest BCUT2D eigenvalue weighted by molar-refractivity contribution is 6.30. The fourth-order valence-electron chi connectivity index (χ4n) is 2.92. The van der Waals surface area contributed by atoms with E-state index in [9.17, 15) is 0 Å². The Bertz CT molecular complexity index is 431. The molecule has 0 aliphatic carbocycles. The Labute approximate surface area is 128 Å². The van der Waals surface area contributed by atoms with E-state index in [1.165, 1.54) is 36.9 Å². The molecule has 2 rings (SSSR count). The van der Waals surface area contributed by atoms with E-state index in [1.807, 2.05) is 6.07 Å². The first-order chi connectivity index (χ1) is 9.58. The predicted octanol–water partition coefficient (Wildman–Crippen LogP) is 4.61. The smallest absolute Gasteiger partial charge is 0.0415 e. The highest BCUT2D eigenvalue weighted by atomic mass is 35.5. The molecule has 0 radical (unpaired) electrons. The maximum atomic E-state index is 6.19. The van der Waals surface area contributed by atoms with Crippen LogP contribution in [0.4, 0.5) is 5.69 Å². The van der Waals surface area contributed by atoms with Crippen molar-refractivity contribution < 1.29 is 0 Å². The van der Waals surface area contributed by atoms with Crippen LogP contribution >= 0.6 is 11.6 Å². The van der Waals surface area contributed by atoms with Crippen molar-refractivity contribution in [3.8, 4) is 0 Å². The fourth-order valence-corrected chi connectivity index (χ4v) is 3.12. The predicted molar refractivity (Wildman–Crippen MR) is 88.7 cm³/mol. The Morgan fingerprint density at radius 2 is 2.10 bits per heavy atom. The van der Waals surface area contributed by atoms with E-state index in [0.29, 0.717) is 12.1 Å². The molecule has 3 heteroatoms. The molecule has 0 spiro atoms. The number of nitrogens with one attached hydrogen (secondary N) is 1. The molecule has 1 saturated heterocycles. The lowest BCUT2D eigenvalue weighted by atomic mass is 10.1. The third kappa shape index (κ3) is 4.13. The van der Waals surface area contributed by atoms with Gasteiger partial charge in [-0.1, -0.05) is 38.3 Å². The molecule has 1 N–H and O–H groups in total. The van der Waals surface area contributed by atoms with E-state index in [2.05, 4.69) is 43.1 Å². The molecule has 1 fully saturated rings. The number of rotatable bonds is 4. The fraction of sp³-hybridized carbons (Fsp3) is 0.647. The van der Waals surface area contributed by atoms with E-state index < -0.39 is 0 Å². The van der Waals surface area contributed by atoms with Gasteiger partial charge in [0, 0.05) is 35.9 Å². The number of nitrogens with zero attached hydrogens (tertiary/aromatic N) is 1. The molecule has 1 unspecified atom stereocenters. The standard InChI is InChI=1S/C17H27ClN2/c1-13(2)19-12-15-11-16(18)8-9-17(15)20-10-6-4-5-7-14(20)3/h8-9,11,13-14,19H,4-7,10,12H2,1-3H3. The van der Waals surface area contributed by atoms with Gasteiger partial charge in [0.2, 0.25) is 0 Å². The number of anilines is 1. The van der Waals surface area contributed by atoms with Crippen LogP contribution in [0.25, 0.3) is 0 Å². The molecule has 1 heterocycles. The second-order valence-electron chi connectivity index (χ2n) is 6.20. The second kappa shape index (κ2) is 7.33. The highest BCUT2D eigenvalue weighted by Gasteiger charge is 2.19. The Hall–Kier alpha value is -0.730. The minimum Gasteiger partial charge on any atom is -0.369 e. The lowest BCUT2D eigenvalue weighted by Gasteiger charge is -2.31. The summed E-state index contributed by atoms with van der Waals surface area (Å²) in [6.45, 7) is 8.76. The van der Waals surface area contributed by atoms with Crippen LogP contribution in [0.1, 0.15) is 52.0 Å². The number of benzene rings is 1. The molecule has 1 aromatic rings. The van der Waals surface area contributed by atoms with Gasteiger partial charge in [0.15, 0.2) is 0 Å². The quantitative estimate of drug-likeness (QED) is 0.872. The van der Waals surface area contributed by atoms with Gasteiger partial charge < -0.3 is 10.2 Å². The average molecular weight is 295 g/mol. The molecule has 20 heavy (non-hydrogen) atoms. The van der Waals surface area contributed by atoms with E-state index in [0.717, 1.165) is 18.1 Å². The first kappa shape index (κ1) is 15.7. The van der Waals surface area contributed by atoms with Gasteiger partial charge in [-0.2, -0.15) is 0 Å². The molecule has 112 valence electrons. The third-order valence-corrected chi connectivity index (χ3v) is 4.34. The van der Waals surface area contributed by atoms with Crippen LogP contribution in [0, 0.1) is 0 Å². The van der Waals surface area contributed by atoms with E-state index in [-0.39, 0.29) is 0 Å². The molecular weight excluding hydrogens is 268 g/mol. The van der Waals surface area contributed by atoms with Crippen molar-refractivity contribution in [2.45, 2.75) is 65.1 Å². The van der Waals surface area contributed by atoms with Crippen molar-refractivity contribution >= 4 is 17.3 Å². The van der Waals surface area contributed by atoms with E-state index in [1.54, 1.807) is 0 Å². The van der Waals surface area contributed by atoms with Gasteiger partial charge in [0.25, 0.3) is 0 Å². The van der Waals surface area contributed by atoms with Crippen LogP contribution < -0.4 is 10.2 Å². The Balaban J connectivity index is 2.24. The van der Waals surface area contributed by atoms with Gasteiger partial charge in [-0.25, -0.2) is 0 Å². The molecule has 1 aliphatic rings. The first-order valence-corrected chi connectivity index (χ1v) is 8.24. The monoisotopic (exact) mass is 294 g/mol. The van der Waals surface area contributed by atoms with Crippen molar-refractivity contribution in [1.82, 2.24) is 5.32 Å². The summed E-state index contributed by atoms with van der Waals surface area (Å²) in [6.07, 6.45) is 5.29. The van der Waals surface area contributed by atoms with Crippen LogP contribution in [-0.2, 0) is 6.54 Å². The summed E-state index contributed by atoms with van der Waals surface area (Å²) in [5, 5.41) is 4.34. The molecule has 0 aromatic heterocycles. The van der Waals surface area contributed by atoms with Crippen molar-refractivity contribution in [3.05, 3.63) is 28.8 Å². The third-order valence-electron chi connectivity index (χ3n) is 4.10. The summed E-state index contributed by atoms with van der Waals surface area (Å²) in [7, 11) is 0. The van der Waals surface area contributed by atoms with Gasteiger partial charge in [-0.05, 0) is 43.5 Å². The van der Waals surface area contributed by atoms with E-state index in [4.69, 9.17) is 11.6 Å². The van der Waals surface area contributed by atoms with Crippen molar-refractivity contribution in [1.29, 1.82) is 0 Å². The zero-order chi connectivity index (χ0) is 14.5. The van der Waals surface area contributed by atoms with Crippen LogP contribution in [0.15, 0.2) is 18.2 Å². The highest BCUT2D eigenvalue weighted by Crippen LogP contribution is 2.29. The van der Waals surface area contributed by atoms with E-state index >= 15 is 0 Å². The summed E-state index contributed by atoms with van der Waals surface area (Å²) in [5.41, 5.74) is 2.68. The molecule has 2 nitrogen and oxygen atoms in total. The SMILES string of the molecule is CC(C)NCc1cc(Cl)ccc1N1CCCCCC1C. The topological polar surface area (TPSA) is 15.3 Å². The first-order valence-electron chi connectivity index (χ1n) is 7.86. The summed E-state index contributed by atoms with van der Waals surface area (Å²) in [6, 6.07) is 7.44. The van der Waals surface area contributed by atoms with Crippen LogP contribution in [0.2, 0.25) is 5.02 Å². The Morgan fingerprint density at radius 1 is 1.30 bits per heavy atom. The van der Waals surface area contributed by atoms with Gasteiger partial charge >= 0.3 is 0 Å². The average Bonchev–Trinajstić information content (AvgIpc) is 2.61. The zero-order valence-corrected chi connectivity index (χ0v) is 13.7. The van der Waals surface area contributed by atoms with Crippen LogP contribution in [-0.4, -0.2) is 18.6 Å². The van der Waals surface area contributed by atoms with Gasteiger partial charge in [0.05, 0.1) is 0 Å². The van der Waals surface area contributed by atoms with Gasteiger partial charge in [-0.15, -0.1) is 0 Å². The van der Waals surface area contributed by atoms with Crippen LogP contribution in [0.5, 0.6) is 0 Å². The molecule has 1 atom stereocenters. The summed E-state index contributed by atoms with van der Waals surface area (Å²) in [5.74, 6) is 0. The molecule has 1 aromatic carbocycles. The Morgan fingerprint density at radius 3 is 2.85 bits per heavy atom. The van der Waals surface area contributed by atoms with Crippen molar-refractivity contribution in [2.24, 2.45) is 0 Å². The van der Waals surface area contributed by atoms with Crippen molar-refractivity contribution in [3.63, 3.8) is 0 Å². The van der Waals surface area contributed by atoms with Crippen molar-refractivity contribution in [2.75, 3.05) is 11.4 Å². The zero-order valence-electron chi connectivity index (χ0n) is 13.0. The molecule has 0 bridgehead atoms. The minimum absolute atomic E-state index is 0.489. The molecule has 0 amide bonds. The molecule has 1 aliphatic heterocycles. The summed E-state index contributed by atoms with van der Waals surface area (Å²) >= 11 is 6.19. The summed E-state index contributed by atoms with van der Waals surface area (Å²) < 4.78 is 0. The van der Waals surface area contributed by atoms with Gasteiger partial charge in [0.1, 0.15) is 0 Å². The largest absolute Gasteiger partial charge is 0.369 e. The maximum Gasteiger partial charge on any atom is 0.0415 e. The lowest BCUT2D eigenvalue weighted by Crippen LogP contribution is -2.34. The normalized spacial score (nSPS) is 20.2. The summed E-state index contributed by atoms with van der Waals surface area (Å²) in [4.78, 5) is 2.57. The lowest BCUT2D eigenvalue weighted by molar-refractivity contribution is 0.581. The van der Waals surface area contributed by atoms with Gasteiger partial charge in [-0.3, -0.25) is 0 Å². The number of hydrogen-bond donors (Lipinski definition) is 1. The Kier molecular flexibility index (Phi) is 5.74. The van der Waals surface area contributed by atoms with Crippen LogP contribution in [0.3, 0.4) is 0 Å². The second-order valence-corrected chi connectivity index (χ2v) is 6.64. The minimum atomic E-state index is 0.489.